The highest BCUT2D eigenvalue weighted by molar-refractivity contribution is 9.10. The van der Waals surface area contributed by atoms with Crippen molar-refractivity contribution < 1.29 is 9.53 Å². The summed E-state index contributed by atoms with van der Waals surface area (Å²) < 4.78 is 6.63. The number of hydrogen-bond acceptors (Lipinski definition) is 3. The zero-order chi connectivity index (χ0) is 18.2. The van der Waals surface area contributed by atoms with E-state index >= 15 is 0 Å². The van der Waals surface area contributed by atoms with E-state index in [1.54, 1.807) is 0 Å². The highest BCUT2D eigenvalue weighted by Crippen LogP contribution is 2.37. The van der Waals surface area contributed by atoms with Crippen molar-refractivity contribution >= 4 is 33.6 Å². The molecule has 1 amide bonds. The Hall–Kier alpha value is -0.780. The van der Waals surface area contributed by atoms with E-state index in [4.69, 9.17) is 16.3 Å². The summed E-state index contributed by atoms with van der Waals surface area (Å²) in [5.74, 6) is 0. The van der Waals surface area contributed by atoms with Gasteiger partial charge in [-0.3, -0.25) is 0 Å². The van der Waals surface area contributed by atoms with Crippen LogP contribution >= 0.6 is 27.5 Å². The number of ether oxygens (including phenoxy) is 1. The minimum absolute atomic E-state index is 0.154. The molecule has 2 heterocycles. The molecule has 1 aromatic rings. The fourth-order valence-corrected chi connectivity index (χ4v) is 4.70. The van der Waals surface area contributed by atoms with E-state index in [2.05, 4.69) is 21.2 Å². The Bertz CT molecular complexity index is 633. The smallest absolute Gasteiger partial charge is 0.410 e. The van der Waals surface area contributed by atoms with Gasteiger partial charge in [0.25, 0.3) is 0 Å². The van der Waals surface area contributed by atoms with Gasteiger partial charge in [-0.1, -0.05) is 33.6 Å². The lowest BCUT2D eigenvalue weighted by Gasteiger charge is -2.39. The number of nitrogens with one attached hydrogen (secondary N) is 1. The number of piperidine rings is 1. The Kier molecular flexibility index (Phi) is 5.66. The number of rotatable bonds is 3. The fraction of sp³-hybridized carbons (Fsp3) is 0.632. The second-order valence-corrected chi connectivity index (χ2v) is 9.35. The van der Waals surface area contributed by atoms with Gasteiger partial charge in [0.2, 0.25) is 0 Å². The maximum absolute atomic E-state index is 12.5. The first-order valence-corrected chi connectivity index (χ1v) is 10.1. The molecule has 1 aromatic carbocycles. The molecule has 2 aliphatic heterocycles. The average molecular weight is 430 g/mol. The Morgan fingerprint density at radius 1 is 1.32 bits per heavy atom. The van der Waals surface area contributed by atoms with Crippen LogP contribution in [-0.2, 0) is 11.3 Å². The number of amides is 1. The van der Waals surface area contributed by atoms with Gasteiger partial charge >= 0.3 is 6.09 Å². The third-order valence-electron chi connectivity index (χ3n) is 4.93. The molecule has 2 unspecified atom stereocenters. The predicted molar refractivity (Wildman–Crippen MR) is 104 cm³/mol. The van der Waals surface area contributed by atoms with Crippen LogP contribution in [0.25, 0.3) is 0 Å². The van der Waals surface area contributed by atoms with E-state index in [0.717, 1.165) is 41.7 Å². The van der Waals surface area contributed by atoms with Gasteiger partial charge in [0.05, 0.1) is 0 Å². The molecule has 2 atom stereocenters. The predicted octanol–water partition coefficient (Wildman–Crippen LogP) is 5.12. The van der Waals surface area contributed by atoms with E-state index in [1.807, 2.05) is 43.9 Å². The Morgan fingerprint density at radius 2 is 1.96 bits per heavy atom. The number of benzene rings is 1. The number of carbonyl (C=O) groups is 1. The van der Waals surface area contributed by atoms with E-state index in [9.17, 15) is 4.79 Å². The molecule has 0 aromatic heterocycles. The largest absolute Gasteiger partial charge is 0.444 e. The molecule has 2 bridgehead atoms. The van der Waals surface area contributed by atoms with Crippen molar-refractivity contribution in [2.45, 2.75) is 76.7 Å². The van der Waals surface area contributed by atoms with Gasteiger partial charge in [-0.15, -0.1) is 0 Å². The minimum Gasteiger partial charge on any atom is -0.444 e. The molecular weight excluding hydrogens is 404 g/mol. The standard InChI is InChI=1S/C19H26BrClN2O2/c1-19(2,3)25-18(24)23-15-6-7-16(23)10-14(9-15)22-11-12-4-5-13(21)8-17(12)20/h4-5,8,14-16,22H,6-7,9-11H2,1-3H3. The molecule has 0 saturated carbocycles. The maximum Gasteiger partial charge on any atom is 0.410 e. The molecule has 6 heteroatoms. The average Bonchev–Trinajstić information content (AvgIpc) is 2.76. The van der Waals surface area contributed by atoms with Gasteiger partial charge in [0.1, 0.15) is 5.60 Å². The third-order valence-corrected chi connectivity index (χ3v) is 5.91. The summed E-state index contributed by atoms with van der Waals surface area (Å²) in [5, 5.41) is 4.39. The van der Waals surface area contributed by atoms with Crippen LogP contribution in [0, 0.1) is 0 Å². The van der Waals surface area contributed by atoms with Gasteiger partial charge in [-0.05, 0) is 64.2 Å². The Morgan fingerprint density at radius 3 is 2.52 bits per heavy atom. The van der Waals surface area contributed by atoms with Crippen LogP contribution < -0.4 is 5.32 Å². The lowest BCUT2D eigenvalue weighted by molar-refractivity contribution is 0.00466. The van der Waals surface area contributed by atoms with Crippen molar-refractivity contribution in [2.75, 3.05) is 0 Å². The molecular formula is C19H26BrClN2O2. The molecule has 25 heavy (non-hydrogen) atoms. The summed E-state index contributed by atoms with van der Waals surface area (Å²) in [6.07, 6.45) is 3.97. The van der Waals surface area contributed by atoms with Gasteiger partial charge in [0, 0.05) is 34.2 Å². The molecule has 2 saturated heterocycles. The van der Waals surface area contributed by atoms with E-state index in [1.165, 1.54) is 5.56 Å². The van der Waals surface area contributed by atoms with Gasteiger partial charge < -0.3 is 15.0 Å². The van der Waals surface area contributed by atoms with Crippen LogP contribution in [0.15, 0.2) is 22.7 Å². The van der Waals surface area contributed by atoms with Crippen LogP contribution in [-0.4, -0.2) is 34.7 Å². The molecule has 0 aliphatic carbocycles. The van der Waals surface area contributed by atoms with E-state index in [0.29, 0.717) is 18.1 Å². The highest BCUT2D eigenvalue weighted by Gasteiger charge is 2.44. The van der Waals surface area contributed by atoms with E-state index in [-0.39, 0.29) is 6.09 Å². The van der Waals surface area contributed by atoms with Crippen LogP contribution in [0.3, 0.4) is 0 Å². The first-order chi connectivity index (χ1) is 11.7. The molecule has 0 spiro atoms. The summed E-state index contributed by atoms with van der Waals surface area (Å²) >= 11 is 9.57. The Labute approximate surface area is 163 Å². The number of halogens is 2. The number of hydrogen-bond donors (Lipinski definition) is 1. The van der Waals surface area contributed by atoms with Crippen LogP contribution in [0.2, 0.25) is 5.02 Å². The highest BCUT2D eigenvalue weighted by atomic mass is 79.9. The van der Waals surface area contributed by atoms with Crippen LogP contribution in [0.1, 0.15) is 52.0 Å². The second kappa shape index (κ2) is 7.45. The quantitative estimate of drug-likeness (QED) is 0.725. The van der Waals surface area contributed by atoms with Crippen molar-refractivity contribution in [2.24, 2.45) is 0 Å². The molecule has 1 N–H and O–H groups in total. The summed E-state index contributed by atoms with van der Waals surface area (Å²) in [7, 11) is 0. The number of fused-ring (bicyclic) bond motifs is 2. The van der Waals surface area contributed by atoms with Crippen molar-refractivity contribution in [3.05, 3.63) is 33.3 Å². The summed E-state index contributed by atoms with van der Waals surface area (Å²) in [5.41, 5.74) is 0.762. The molecule has 2 fully saturated rings. The summed E-state index contributed by atoms with van der Waals surface area (Å²) in [6.45, 7) is 6.57. The van der Waals surface area contributed by atoms with Crippen molar-refractivity contribution in [1.82, 2.24) is 10.2 Å². The molecule has 0 radical (unpaired) electrons. The first kappa shape index (κ1) is 19.0. The summed E-state index contributed by atoms with van der Waals surface area (Å²) in [4.78, 5) is 14.5. The normalized spacial score (nSPS) is 26.0. The number of nitrogens with zero attached hydrogens (tertiary/aromatic N) is 1. The lowest BCUT2D eigenvalue weighted by Crippen LogP contribution is -2.52. The fourth-order valence-electron chi connectivity index (χ4n) is 3.88. The molecule has 4 nitrogen and oxygen atoms in total. The Balaban J connectivity index is 1.57. The second-order valence-electron chi connectivity index (χ2n) is 8.06. The van der Waals surface area contributed by atoms with Gasteiger partial charge in [-0.25, -0.2) is 4.79 Å². The van der Waals surface area contributed by atoms with Crippen molar-refractivity contribution in [3.63, 3.8) is 0 Å². The zero-order valence-electron chi connectivity index (χ0n) is 15.0. The first-order valence-electron chi connectivity index (χ1n) is 8.91. The van der Waals surface area contributed by atoms with Gasteiger partial charge in [-0.2, -0.15) is 0 Å². The third kappa shape index (κ3) is 4.69. The van der Waals surface area contributed by atoms with Gasteiger partial charge in [0.15, 0.2) is 0 Å². The molecule has 138 valence electrons. The maximum atomic E-state index is 12.5. The van der Waals surface area contributed by atoms with Crippen LogP contribution in [0.4, 0.5) is 4.79 Å². The SMILES string of the molecule is CC(C)(C)OC(=O)N1C2CCC1CC(NCc1ccc(Cl)cc1Br)C2. The van der Waals surface area contributed by atoms with Crippen molar-refractivity contribution in [3.8, 4) is 0 Å². The lowest BCUT2D eigenvalue weighted by atomic mass is 9.97. The number of carbonyl (C=O) groups excluding carboxylic acids is 1. The monoisotopic (exact) mass is 428 g/mol. The summed E-state index contributed by atoms with van der Waals surface area (Å²) in [6, 6.07) is 6.90. The zero-order valence-corrected chi connectivity index (χ0v) is 17.4. The van der Waals surface area contributed by atoms with Crippen LogP contribution in [0.5, 0.6) is 0 Å². The topological polar surface area (TPSA) is 41.6 Å². The van der Waals surface area contributed by atoms with E-state index < -0.39 is 5.60 Å². The van der Waals surface area contributed by atoms with Crippen molar-refractivity contribution in [1.29, 1.82) is 0 Å². The molecule has 3 rings (SSSR count). The molecule has 2 aliphatic rings. The minimum atomic E-state index is -0.438.